The van der Waals surface area contributed by atoms with Crippen molar-refractivity contribution in [1.82, 2.24) is 0 Å². The Labute approximate surface area is 128 Å². The number of nitrogens with zero attached hydrogens (tertiary/aromatic N) is 1. The zero-order chi connectivity index (χ0) is 15.1. The Kier molecular flexibility index (Phi) is 6.80. The summed E-state index contributed by atoms with van der Waals surface area (Å²) in [6.07, 6.45) is 4.98. The summed E-state index contributed by atoms with van der Waals surface area (Å²) in [7, 11) is 0. The maximum atomic E-state index is 5.46. The third-order valence-electron chi connectivity index (χ3n) is 3.18. The van der Waals surface area contributed by atoms with Gasteiger partial charge in [0, 0.05) is 17.5 Å². The van der Waals surface area contributed by atoms with E-state index in [1.54, 1.807) is 0 Å². The zero-order valence-corrected chi connectivity index (χ0v) is 14.1. The lowest BCUT2D eigenvalue weighted by Gasteiger charge is -2.09. The lowest BCUT2D eigenvalue weighted by atomic mass is 9.99. The molecule has 108 valence electrons. The van der Waals surface area contributed by atoms with Gasteiger partial charge in [0.2, 0.25) is 0 Å². The molecule has 0 amide bonds. The molecule has 0 unspecified atom stereocenters. The minimum Gasteiger partial charge on any atom is -0.288 e. The highest BCUT2D eigenvalue weighted by atomic mass is 32.1. The maximum absolute atomic E-state index is 5.46. The third-order valence-corrected chi connectivity index (χ3v) is 3.45. The number of hydrogen-bond acceptors (Lipinski definition) is 2. The second-order valence-electron chi connectivity index (χ2n) is 5.71. The molecule has 0 saturated carbocycles. The summed E-state index contributed by atoms with van der Waals surface area (Å²) in [5, 5.41) is 0. The van der Waals surface area contributed by atoms with Crippen LogP contribution in [0.25, 0.3) is 0 Å². The smallest absolute Gasteiger partial charge is 0.0705 e. The van der Waals surface area contributed by atoms with E-state index in [-0.39, 0.29) is 0 Å². The standard InChI is InChI=1S/C18H25NS/c1-13(2)9-14(3)11-19-12-17(20)10-18-15(4)7-6-8-16(18)5/h6-9,11,13H,10,12H2,1-5H3/b14-9-,19-11?. The lowest BCUT2D eigenvalue weighted by molar-refractivity contribution is 0.827. The Morgan fingerprint density at radius 2 is 1.85 bits per heavy atom. The topological polar surface area (TPSA) is 12.4 Å². The van der Waals surface area contributed by atoms with Crippen LogP contribution in [0.1, 0.15) is 37.5 Å². The lowest BCUT2D eigenvalue weighted by Crippen LogP contribution is -2.07. The fraction of sp³-hybridized carbons (Fsp3) is 0.444. The molecule has 0 aromatic heterocycles. The van der Waals surface area contributed by atoms with E-state index < -0.39 is 0 Å². The predicted molar refractivity (Wildman–Crippen MR) is 94.2 cm³/mol. The van der Waals surface area contributed by atoms with Gasteiger partial charge in [0.1, 0.15) is 0 Å². The van der Waals surface area contributed by atoms with Crippen LogP contribution in [-0.4, -0.2) is 17.6 Å². The van der Waals surface area contributed by atoms with E-state index in [0.29, 0.717) is 12.5 Å². The van der Waals surface area contributed by atoms with Crippen LogP contribution in [0.4, 0.5) is 0 Å². The van der Waals surface area contributed by atoms with Crippen LogP contribution in [0.3, 0.4) is 0 Å². The molecule has 0 spiro atoms. The molecule has 0 aliphatic carbocycles. The van der Waals surface area contributed by atoms with E-state index in [1.807, 2.05) is 6.21 Å². The van der Waals surface area contributed by atoms with E-state index in [1.165, 1.54) is 22.3 Å². The molecule has 1 aromatic carbocycles. The van der Waals surface area contributed by atoms with Crippen LogP contribution in [0.15, 0.2) is 34.8 Å². The highest BCUT2D eigenvalue weighted by Crippen LogP contribution is 2.14. The minimum absolute atomic E-state index is 0.558. The molecule has 0 aliphatic heterocycles. The van der Waals surface area contributed by atoms with Gasteiger partial charge in [-0.25, -0.2) is 0 Å². The van der Waals surface area contributed by atoms with E-state index in [0.717, 1.165) is 11.3 Å². The van der Waals surface area contributed by atoms with Gasteiger partial charge in [-0.15, -0.1) is 0 Å². The molecule has 0 saturated heterocycles. The van der Waals surface area contributed by atoms with Crippen molar-refractivity contribution in [3.63, 3.8) is 0 Å². The first-order valence-corrected chi connectivity index (χ1v) is 7.56. The van der Waals surface area contributed by atoms with Crippen molar-refractivity contribution in [2.45, 2.75) is 41.0 Å². The molecule has 0 fully saturated rings. The van der Waals surface area contributed by atoms with Crippen LogP contribution in [0.5, 0.6) is 0 Å². The van der Waals surface area contributed by atoms with Gasteiger partial charge in [-0.3, -0.25) is 4.99 Å². The van der Waals surface area contributed by atoms with Gasteiger partial charge in [-0.05, 0) is 49.0 Å². The average molecular weight is 287 g/mol. The van der Waals surface area contributed by atoms with Crippen LogP contribution >= 0.6 is 12.2 Å². The summed E-state index contributed by atoms with van der Waals surface area (Å²) in [5.41, 5.74) is 5.18. The van der Waals surface area contributed by atoms with Crippen LogP contribution < -0.4 is 0 Å². The van der Waals surface area contributed by atoms with Crippen LogP contribution in [0.2, 0.25) is 0 Å². The summed E-state index contributed by atoms with van der Waals surface area (Å²) >= 11 is 5.46. The number of thiocarbonyl (C=S) groups is 1. The Balaban J connectivity index is 2.59. The van der Waals surface area contributed by atoms with Crippen molar-refractivity contribution >= 4 is 23.3 Å². The molecular formula is C18H25NS. The molecule has 1 nitrogen and oxygen atoms in total. The number of allylic oxidation sites excluding steroid dienone is 2. The largest absolute Gasteiger partial charge is 0.288 e. The quantitative estimate of drug-likeness (QED) is 0.536. The molecule has 0 aliphatic rings. The minimum atomic E-state index is 0.558. The molecule has 1 rings (SSSR count). The molecule has 0 bridgehead atoms. The first-order chi connectivity index (χ1) is 9.40. The van der Waals surface area contributed by atoms with Gasteiger partial charge in [0.05, 0.1) is 6.54 Å². The predicted octanol–water partition coefficient (Wildman–Crippen LogP) is 4.89. The summed E-state index contributed by atoms with van der Waals surface area (Å²) in [6, 6.07) is 6.38. The Hall–Kier alpha value is -1.28. The number of aliphatic imine (C=N–C) groups is 1. The highest BCUT2D eigenvalue weighted by Gasteiger charge is 2.04. The number of rotatable bonds is 6. The van der Waals surface area contributed by atoms with E-state index >= 15 is 0 Å². The fourth-order valence-corrected chi connectivity index (χ4v) is 2.46. The third kappa shape index (κ3) is 5.79. The first-order valence-electron chi connectivity index (χ1n) is 7.15. The van der Waals surface area contributed by atoms with Gasteiger partial charge in [-0.2, -0.15) is 0 Å². The SMILES string of the molecule is C/C(C=NCC(=S)Cc1c(C)cccc1C)=C/C(C)C. The van der Waals surface area contributed by atoms with Gasteiger partial charge >= 0.3 is 0 Å². The highest BCUT2D eigenvalue weighted by molar-refractivity contribution is 7.80. The fourth-order valence-electron chi connectivity index (χ4n) is 2.24. The van der Waals surface area contributed by atoms with Crippen molar-refractivity contribution in [3.05, 3.63) is 46.5 Å². The second-order valence-corrected chi connectivity index (χ2v) is 6.29. The summed E-state index contributed by atoms with van der Waals surface area (Å²) in [4.78, 5) is 5.44. The van der Waals surface area contributed by atoms with E-state index in [2.05, 4.69) is 63.9 Å². The molecule has 20 heavy (non-hydrogen) atoms. The van der Waals surface area contributed by atoms with E-state index in [4.69, 9.17) is 12.2 Å². The molecule has 0 atom stereocenters. The summed E-state index contributed by atoms with van der Waals surface area (Å²) in [5.74, 6) is 0.558. The van der Waals surface area contributed by atoms with Gasteiger partial charge in [-0.1, -0.05) is 50.3 Å². The first kappa shape index (κ1) is 16.8. The van der Waals surface area contributed by atoms with Crippen molar-refractivity contribution in [2.24, 2.45) is 10.9 Å². The van der Waals surface area contributed by atoms with Crippen molar-refractivity contribution in [1.29, 1.82) is 0 Å². The summed E-state index contributed by atoms with van der Waals surface area (Å²) in [6.45, 7) is 11.3. The monoisotopic (exact) mass is 287 g/mol. The van der Waals surface area contributed by atoms with Crippen LogP contribution in [-0.2, 0) is 6.42 Å². The Bertz CT molecular complexity index is 504. The van der Waals surface area contributed by atoms with E-state index in [9.17, 15) is 0 Å². The van der Waals surface area contributed by atoms with Crippen LogP contribution in [0, 0.1) is 19.8 Å². The van der Waals surface area contributed by atoms with Crippen molar-refractivity contribution in [2.75, 3.05) is 6.54 Å². The number of aryl methyl sites for hydroxylation is 2. The van der Waals surface area contributed by atoms with Gasteiger partial charge in [0.15, 0.2) is 0 Å². The molecule has 1 aromatic rings. The zero-order valence-electron chi connectivity index (χ0n) is 13.2. The Morgan fingerprint density at radius 1 is 1.25 bits per heavy atom. The Morgan fingerprint density at radius 3 is 2.40 bits per heavy atom. The molecular weight excluding hydrogens is 262 g/mol. The molecule has 0 heterocycles. The average Bonchev–Trinajstić information content (AvgIpc) is 2.33. The van der Waals surface area contributed by atoms with Gasteiger partial charge < -0.3 is 0 Å². The maximum Gasteiger partial charge on any atom is 0.0705 e. The van der Waals surface area contributed by atoms with Gasteiger partial charge in [0.25, 0.3) is 0 Å². The number of benzene rings is 1. The molecule has 2 heteroatoms. The normalized spacial score (nSPS) is 12.4. The van der Waals surface area contributed by atoms with Crippen molar-refractivity contribution in [3.8, 4) is 0 Å². The number of hydrogen-bond donors (Lipinski definition) is 0. The van der Waals surface area contributed by atoms with Crippen molar-refractivity contribution < 1.29 is 0 Å². The molecule has 0 N–H and O–H groups in total. The molecule has 0 radical (unpaired) electrons. The second kappa shape index (κ2) is 8.11. The summed E-state index contributed by atoms with van der Waals surface area (Å²) < 4.78 is 0.